The largest absolute Gasteiger partial charge is 0.294 e. The fourth-order valence-corrected chi connectivity index (χ4v) is 3.74. The minimum absolute atomic E-state index is 0.206. The van der Waals surface area contributed by atoms with Gasteiger partial charge < -0.3 is 0 Å². The fourth-order valence-electron chi connectivity index (χ4n) is 3.42. The number of hydrogen-bond donors (Lipinski definition) is 0. The summed E-state index contributed by atoms with van der Waals surface area (Å²) in [5.74, 6) is 0.910. The Morgan fingerprint density at radius 3 is 2.57 bits per heavy atom. The van der Waals surface area contributed by atoms with Gasteiger partial charge in [-0.25, -0.2) is 0 Å². The molecule has 0 aliphatic heterocycles. The summed E-state index contributed by atoms with van der Waals surface area (Å²) in [4.78, 5) is 16.7. The van der Waals surface area contributed by atoms with Gasteiger partial charge in [-0.1, -0.05) is 70.7 Å². The van der Waals surface area contributed by atoms with Crippen molar-refractivity contribution in [3.63, 3.8) is 0 Å². The molecule has 2 nitrogen and oxygen atoms in total. The molecule has 0 N–H and O–H groups in total. The van der Waals surface area contributed by atoms with Crippen LogP contribution >= 0.6 is 11.6 Å². The summed E-state index contributed by atoms with van der Waals surface area (Å²) >= 11 is 6.31. The molecule has 1 unspecified atom stereocenters. The Morgan fingerprint density at radius 2 is 1.89 bits per heavy atom. The van der Waals surface area contributed by atoms with Gasteiger partial charge >= 0.3 is 0 Å². The fraction of sp³-hybridized carbons (Fsp3) is 0.520. The molecule has 0 amide bonds. The van der Waals surface area contributed by atoms with Crippen molar-refractivity contribution in [3.05, 3.63) is 63.9 Å². The van der Waals surface area contributed by atoms with Crippen molar-refractivity contribution in [1.82, 2.24) is 4.98 Å². The molecule has 0 fully saturated rings. The van der Waals surface area contributed by atoms with Crippen molar-refractivity contribution in [2.75, 3.05) is 0 Å². The number of carbonyl (C=O) groups is 1. The number of nitrogens with zero attached hydrogens (tertiary/aromatic N) is 1. The molecule has 1 aromatic carbocycles. The van der Waals surface area contributed by atoms with Crippen LogP contribution < -0.4 is 0 Å². The first kappa shape index (κ1) is 24.4. The Kier molecular flexibility index (Phi) is 11.7. The third kappa shape index (κ3) is 8.14. The first-order valence-corrected chi connectivity index (χ1v) is 11.1. The molecule has 0 aliphatic rings. The van der Waals surface area contributed by atoms with Crippen LogP contribution in [0.5, 0.6) is 0 Å². The zero-order chi connectivity index (χ0) is 20.9. The smallest absolute Gasteiger partial charge is 0.164 e. The van der Waals surface area contributed by atoms with E-state index in [1.165, 1.54) is 24.0 Å². The van der Waals surface area contributed by atoms with Crippen LogP contribution in [-0.4, -0.2) is 10.8 Å². The number of carbonyl (C=O) groups excluding carboxylic acids is 1. The van der Waals surface area contributed by atoms with Crippen molar-refractivity contribution in [3.8, 4) is 0 Å². The van der Waals surface area contributed by atoms with Crippen LogP contribution in [0.3, 0.4) is 0 Å². The van der Waals surface area contributed by atoms with Crippen molar-refractivity contribution in [2.24, 2.45) is 5.92 Å². The van der Waals surface area contributed by atoms with Crippen LogP contribution in [0.1, 0.15) is 86.8 Å². The van der Waals surface area contributed by atoms with Gasteiger partial charge in [-0.3, -0.25) is 9.78 Å². The van der Waals surface area contributed by atoms with Crippen LogP contribution in [0.4, 0.5) is 0 Å². The minimum Gasteiger partial charge on any atom is -0.294 e. The Morgan fingerprint density at radius 1 is 1.14 bits per heavy atom. The minimum atomic E-state index is 0.206. The van der Waals surface area contributed by atoms with E-state index in [4.69, 9.17) is 11.6 Å². The summed E-state index contributed by atoms with van der Waals surface area (Å²) in [5.41, 5.74) is 4.21. The number of benzene rings is 1. The highest BCUT2D eigenvalue weighted by Crippen LogP contribution is 2.22. The number of halogens is 1. The lowest BCUT2D eigenvalue weighted by Crippen LogP contribution is -2.04. The molecule has 1 atom stereocenters. The highest BCUT2D eigenvalue weighted by atomic mass is 35.5. The summed E-state index contributed by atoms with van der Waals surface area (Å²) in [6.07, 6.45) is 10.4. The zero-order valence-electron chi connectivity index (χ0n) is 18.2. The molecule has 0 radical (unpaired) electrons. The molecular weight excluding hydrogens is 366 g/mol. The van der Waals surface area contributed by atoms with Gasteiger partial charge in [0, 0.05) is 29.4 Å². The van der Waals surface area contributed by atoms with Gasteiger partial charge in [-0.05, 0) is 60.9 Å². The predicted octanol–water partition coefficient (Wildman–Crippen LogP) is 7.64. The van der Waals surface area contributed by atoms with Gasteiger partial charge in [0.15, 0.2) is 5.78 Å². The van der Waals surface area contributed by atoms with Crippen LogP contribution in [0.2, 0.25) is 5.02 Å². The maximum atomic E-state index is 12.5. The summed E-state index contributed by atoms with van der Waals surface area (Å²) in [6.45, 7) is 10.6. The van der Waals surface area contributed by atoms with Gasteiger partial charge in [0.25, 0.3) is 0 Å². The first-order valence-electron chi connectivity index (χ1n) is 10.7. The number of ketones is 1. The molecule has 3 heteroatoms. The zero-order valence-corrected chi connectivity index (χ0v) is 19.0. The van der Waals surface area contributed by atoms with E-state index < -0.39 is 0 Å². The molecule has 2 aromatic rings. The van der Waals surface area contributed by atoms with Crippen LogP contribution in [0.25, 0.3) is 0 Å². The Hall–Kier alpha value is -1.67. The molecule has 0 saturated carbocycles. The van der Waals surface area contributed by atoms with Crippen molar-refractivity contribution in [2.45, 2.75) is 79.6 Å². The molecule has 0 saturated heterocycles. The van der Waals surface area contributed by atoms with E-state index in [0.29, 0.717) is 12.3 Å². The molecular formula is C25H36ClNO. The van der Waals surface area contributed by atoms with E-state index in [1.54, 1.807) is 6.20 Å². The lowest BCUT2D eigenvalue weighted by Gasteiger charge is -2.10. The quantitative estimate of drug-likeness (QED) is 0.382. The number of Topliss-reactive ketones (excluding diaryl/α,β-unsaturated/α-hetero) is 1. The normalized spacial score (nSPS) is 11.5. The number of aromatic nitrogens is 1. The third-order valence-corrected chi connectivity index (χ3v) is 5.37. The molecule has 2 rings (SSSR count). The Bertz CT molecular complexity index is 706. The molecule has 1 heterocycles. The highest BCUT2D eigenvalue weighted by molar-refractivity contribution is 6.31. The molecule has 1 aromatic heterocycles. The predicted molar refractivity (Wildman–Crippen MR) is 121 cm³/mol. The van der Waals surface area contributed by atoms with Crippen molar-refractivity contribution >= 4 is 17.4 Å². The lowest BCUT2D eigenvalue weighted by atomic mass is 9.96. The summed E-state index contributed by atoms with van der Waals surface area (Å²) in [6, 6.07) is 7.99. The molecule has 0 bridgehead atoms. The average molecular weight is 402 g/mol. The van der Waals surface area contributed by atoms with E-state index >= 15 is 0 Å². The second kappa shape index (κ2) is 13.5. The molecule has 28 heavy (non-hydrogen) atoms. The number of hydrogen-bond acceptors (Lipinski definition) is 2. The van der Waals surface area contributed by atoms with Crippen molar-refractivity contribution in [1.29, 1.82) is 0 Å². The monoisotopic (exact) mass is 401 g/mol. The molecule has 154 valence electrons. The van der Waals surface area contributed by atoms with Gasteiger partial charge in [0.1, 0.15) is 0 Å². The second-order valence-electron chi connectivity index (χ2n) is 7.33. The molecule has 0 aliphatic carbocycles. The third-order valence-electron chi connectivity index (χ3n) is 5.02. The van der Waals surface area contributed by atoms with Gasteiger partial charge in [0.2, 0.25) is 0 Å². The topological polar surface area (TPSA) is 30.0 Å². The highest BCUT2D eigenvalue weighted by Gasteiger charge is 2.10. The van der Waals surface area contributed by atoms with E-state index in [0.717, 1.165) is 41.8 Å². The summed E-state index contributed by atoms with van der Waals surface area (Å²) in [5, 5.41) is 0.811. The van der Waals surface area contributed by atoms with Crippen LogP contribution in [0, 0.1) is 12.8 Å². The second-order valence-corrected chi connectivity index (χ2v) is 7.73. The van der Waals surface area contributed by atoms with Gasteiger partial charge in [0.05, 0.1) is 0 Å². The summed E-state index contributed by atoms with van der Waals surface area (Å²) < 4.78 is 0. The Balaban J connectivity index is 0.00000190. The van der Waals surface area contributed by atoms with Crippen LogP contribution in [-0.2, 0) is 12.8 Å². The summed E-state index contributed by atoms with van der Waals surface area (Å²) in [7, 11) is 0. The Labute approximate surface area is 176 Å². The number of rotatable bonds is 10. The maximum absolute atomic E-state index is 12.5. The first-order chi connectivity index (χ1) is 13.5. The van der Waals surface area contributed by atoms with E-state index in [9.17, 15) is 4.79 Å². The lowest BCUT2D eigenvalue weighted by molar-refractivity contribution is 0.0977. The van der Waals surface area contributed by atoms with Gasteiger partial charge in [-0.2, -0.15) is 0 Å². The average Bonchev–Trinajstić information content (AvgIpc) is 2.69. The van der Waals surface area contributed by atoms with E-state index in [-0.39, 0.29) is 5.78 Å². The number of pyridine rings is 1. The standard InChI is InChI=1S/C23H30ClNO.C2H6/c1-4-7-17(2)8-5-11-23(26)20-14-19(15-25-16-20)12-13-21-18(3)9-6-10-22(21)24;1-2/h6,9-10,14-17H,4-5,7-8,11-13H2,1-3H3;1-2H3. The van der Waals surface area contributed by atoms with E-state index in [1.807, 2.05) is 38.2 Å². The SMILES string of the molecule is CC.CCCC(C)CCCC(=O)c1cncc(CCc2c(C)cccc2Cl)c1. The number of aryl methyl sites for hydroxylation is 2. The maximum Gasteiger partial charge on any atom is 0.164 e. The van der Waals surface area contributed by atoms with E-state index in [2.05, 4.69) is 31.8 Å². The van der Waals surface area contributed by atoms with Gasteiger partial charge in [-0.15, -0.1) is 0 Å². The van der Waals surface area contributed by atoms with Crippen LogP contribution in [0.15, 0.2) is 36.7 Å². The molecule has 0 spiro atoms. The van der Waals surface area contributed by atoms with Crippen molar-refractivity contribution < 1.29 is 4.79 Å².